The minimum Gasteiger partial charge on any atom is -0.467 e. The number of rotatable bonds is 4. The van der Waals surface area contributed by atoms with Gasteiger partial charge in [0, 0.05) is 13.0 Å². The Labute approximate surface area is 98.5 Å². The van der Waals surface area contributed by atoms with E-state index in [9.17, 15) is 14.4 Å². The molecule has 1 heterocycles. The monoisotopic (exact) mass is 244 g/mol. The fourth-order valence-electron chi connectivity index (χ4n) is 1.57. The van der Waals surface area contributed by atoms with Crippen molar-refractivity contribution in [1.29, 1.82) is 0 Å². The van der Waals surface area contributed by atoms with Crippen LogP contribution in [0.25, 0.3) is 0 Å². The Morgan fingerprint density at radius 3 is 2.82 bits per heavy atom. The molecule has 3 N–H and O–H groups in total. The van der Waals surface area contributed by atoms with Crippen molar-refractivity contribution in [3.05, 3.63) is 0 Å². The first-order valence-electron chi connectivity index (χ1n) is 5.34. The number of nitrogens with one attached hydrogen (secondary N) is 2. The normalized spacial score (nSPS) is 21.3. The van der Waals surface area contributed by atoms with Crippen LogP contribution in [0.5, 0.6) is 0 Å². The van der Waals surface area contributed by atoms with Crippen molar-refractivity contribution in [3.8, 4) is 0 Å². The highest BCUT2D eigenvalue weighted by molar-refractivity contribution is 5.87. The van der Waals surface area contributed by atoms with Crippen molar-refractivity contribution in [3.63, 3.8) is 0 Å². The van der Waals surface area contributed by atoms with Crippen LogP contribution >= 0.6 is 0 Å². The van der Waals surface area contributed by atoms with E-state index in [0.717, 1.165) is 0 Å². The number of ether oxygens (including phenoxy) is 1. The summed E-state index contributed by atoms with van der Waals surface area (Å²) in [6.07, 6.45) is 0.733. The molecule has 7 heteroatoms. The molecular formula is C10H16N2O5. The summed E-state index contributed by atoms with van der Waals surface area (Å²) >= 11 is 0. The van der Waals surface area contributed by atoms with Crippen molar-refractivity contribution >= 4 is 17.8 Å². The van der Waals surface area contributed by atoms with Crippen LogP contribution < -0.4 is 10.6 Å². The van der Waals surface area contributed by atoms with E-state index in [4.69, 9.17) is 5.11 Å². The Bertz CT molecular complexity index is 308. The van der Waals surface area contributed by atoms with Gasteiger partial charge in [-0.1, -0.05) is 0 Å². The highest BCUT2D eigenvalue weighted by Crippen LogP contribution is 2.11. The Morgan fingerprint density at radius 2 is 2.35 bits per heavy atom. The quantitative estimate of drug-likeness (QED) is 0.504. The molecule has 96 valence electrons. The van der Waals surface area contributed by atoms with E-state index in [2.05, 4.69) is 15.4 Å². The van der Waals surface area contributed by atoms with Crippen molar-refractivity contribution in [2.75, 3.05) is 20.3 Å². The van der Waals surface area contributed by atoms with Crippen LogP contribution in [0.15, 0.2) is 0 Å². The van der Waals surface area contributed by atoms with Gasteiger partial charge in [-0.2, -0.15) is 0 Å². The highest BCUT2D eigenvalue weighted by Gasteiger charge is 2.28. The summed E-state index contributed by atoms with van der Waals surface area (Å²) < 4.78 is 4.43. The van der Waals surface area contributed by atoms with Gasteiger partial charge in [-0.15, -0.1) is 0 Å². The Balaban J connectivity index is 2.47. The lowest BCUT2D eigenvalue weighted by atomic mass is 9.98. The number of carbonyl (C=O) groups excluding carboxylic acids is 3. The van der Waals surface area contributed by atoms with Crippen molar-refractivity contribution in [2.24, 2.45) is 5.92 Å². The van der Waals surface area contributed by atoms with Gasteiger partial charge in [0.25, 0.3) is 0 Å². The number of esters is 1. The number of hydrogen-bond donors (Lipinski definition) is 3. The zero-order chi connectivity index (χ0) is 12.8. The maximum atomic E-state index is 11.7. The summed E-state index contributed by atoms with van der Waals surface area (Å²) in [5.74, 6) is -1.51. The van der Waals surface area contributed by atoms with Gasteiger partial charge >= 0.3 is 5.97 Å². The zero-order valence-corrected chi connectivity index (χ0v) is 9.56. The molecule has 0 aromatic heterocycles. The predicted molar refractivity (Wildman–Crippen MR) is 56.8 cm³/mol. The summed E-state index contributed by atoms with van der Waals surface area (Å²) in [6, 6.07) is -1.05. The van der Waals surface area contributed by atoms with Crippen molar-refractivity contribution < 1.29 is 24.2 Å². The molecular weight excluding hydrogens is 228 g/mol. The smallest absolute Gasteiger partial charge is 0.330 e. The highest BCUT2D eigenvalue weighted by atomic mass is 16.5. The second-order valence-electron chi connectivity index (χ2n) is 3.81. The molecule has 1 saturated heterocycles. The van der Waals surface area contributed by atoms with E-state index < -0.39 is 18.6 Å². The fourth-order valence-corrected chi connectivity index (χ4v) is 1.57. The molecule has 0 spiro atoms. The Hall–Kier alpha value is -1.63. The molecule has 1 rings (SSSR count). The first kappa shape index (κ1) is 13.4. The molecule has 0 bridgehead atoms. The molecule has 17 heavy (non-hydrogen) atoms. The van der Waals surface area contributed by atoms with Crippen LogP contribution in [0, 0.1) is 5.92 Å². The van der Waals surface area contributed by atoms with Crippen LogP contribution in [0.1, 0.15) is 12.8 Å². The summed E-state index contributed by atoms with van der Waals surface area (Å²) in [5.41, 5.74) is 0. The average Bonchev–Trinajstić information content (AvgIpc) is 2.35. The van der Waals surface area contributed by atoms with Gasteiger partial charge in [0.15, 0.2) is 6.04 Å². The van der Waals surface area contributed by atoms with E-state index in [1.807, 2.05) is 0 Å². The average molecular weight is 244 g/mol. The first-order valence-corrected chi connectivity index (χ1v) is 5.34. The second-order valence-corrected chi connectivity index (χ2v) is 3.81. The topological polar surface area (TPSA) is 105 Å². The zero-order valence-electron chi connectivity index (χ0n) is 9.56. The summed E-state index contributed by atoms with van der Waals surface area (Å²) in [6.45, 7) is -0.262. The molecule has 1 aliphatic heterocycles. The number of hydrogen-bond acceptors (Lipinski definition) is 5. The van der Waals surface area contributed by atoms with E-state index in [-0.39, 0.29) is 24.3 Å². The van der Waals surface area contributed by atoms with E-state index in [1.54, 1.807) is 0 Å². The molecule has 0 aromatic carbocycles. The molecule has 1 fully saturated rings. The van der Waals surface area contributed by atoms with Gasteiger partial charge in [-0.3, -0.25) is 9.59 Å². The third-order valence-corrected chi connectivity index (χ3v) is 2.62. The van der Waals surface area contributed by atoms with Crippen LogP contribution in [0.3, 0.4) is 0 Å². The second kappa shape index (κ2) is 6.19. The number of carbonyl (C=O) groups is 3. The lowest BCUT2D eigenvalue weighted by Gasteiger charge is -2.23. The number of aliphatic hydroxyl groups is 1. The molecule has 0 saturated carbocycles. The van der Waals surface area contributed by atoms with Crippen molar-refractivity contribution in [2.45, 2.75) is 18.9 Å². The van der Waals surface area contributed by atoms with E-state index in [1.165, 1.54) is 7.11 Å². The van der Waals surface area contributed by atoms with Gasteiger partial charge in [-0.25, -0.2) is 4.79 Å². The number of aliphatic hydroxyl groups excluding tert-OH is 1. The first-order chi connectivity index (χ1) is 8.08. The summed E-state index contributed by atoms with van der Waals surface area (Å²) in [4.78, 5) is 33.8. The van der Waals surface area contributed by atoms with Gasteiger partial charge in [0.2, 0.25) is 11.8 Å². The molecule has 2 amide bonds. The lowest BCUT2D eigenvalue weighted by molar-refractivity contribution is -0.147. The van der Waals surface area contributed by atoms with E-state index in [0.29, 0.717) is 12.8 Å². The molecule has 1 aliphatic rings. The largest absolute Gasteiger partial charge is 0.467 e. The van der Waals surface area contributed by atoms with Crippen LogP contribution in [-0.2, 0) is 19.1 Å². The molecule has 7 nitrogen and oxygen atoms in total. The van der Waals surface area contributed by atoms with Gasteiger partial charge in [0.05, 0.1) is 19.6 Å². The third kappa shape index (κ3) is 3.70. The summed E-state index contributed by atoms with van der Waals surface area (Å²) in [5, 5.41) is 13.9. The molecule has 0 aromatic rings. The number of methoxy groups -OCH3 is 1. The lowest BCUT2D eigenvalue weighted by Crippen LogP contribution is -2.49. The Kier molecular flexibility index (Phi) is 4.89. The van der Waals surface area contributed by atoms with Crippen LogP contribution in [0.4, 0.5) is 0 Å². The van der Waals surface area contributed by atoms with Crippen molar-refractivity contribution in [1.82, 2.24) is 10.6 Å². The summed E-state index contributed by atoms with van der Waals surface area (Å²) in [7, 11) is 1.18. The van der Waals surface area contributed by atoms with Gasteiger partial charge in [-0.05, 0) is 6.42 Å². The molecule has 2 atom stereocenters. The standard InChI is InChI=1S/C10H16N2O5/c1-17-10(16)7(5-13)12-9(15)6-2-3-8(14)11-4-6/h6-7,13H,2-5H2,1H3,(H,11,14)(H,12,15). The molecule has 2 unspecified atom stereocenters. The van der Waals surface area contributed by atoms with Crippen LogP contribution in [0.2, 0.25) is 0 Å². The van der Waals surface area contributed by atoms with Gasteiger partial charge in [0.1, 0.15) is 0 Å². The fraction of sp³-hybridized carbons (Fsp3) is 0.700. The van der Waals surface area contributed by atoms with Gasteiger partial charge < -0.3 is 20.5 Å². The number of amides is 2. The minimum absolute atomic E-state index is 0.0827. The third-order valence-electron chi connectivity index (χ3n) is 2.62. The van der Waals surface area contributed by atoms with Crippen LogP contribution in [-0.4, -0.2) is 49.2 Å². The number of piperidine rings is 1. The SMILES string of the molecule is COC(=O)C(CO)NC(=O)C1CCC(=O)NC1. The maximum Gasteiger partial charge on any atom is 0.330 e. The molecule has 0 radical (unpaired) electrons. The van der Waals surface area contributed by atoms with E-state index >= 15 is 0 Å². The molecule has 0 aliphatic carbocycles. The predicted octanol–water partition coefficient (Wildman–Crippen LogP) is -1.84. The maximum absolute atomic E-state index is 11.7. The Morgan fingerprint density at radius 1 is 1.65 bits per heavy atom. The minimum atomic E-state index is -1.05.